The lowest BCUT2D eigenvalue weighted by atomic mass is 10.2. The minimum Gasteiger partial charge on any atom is -0.497 e. The summed E-state index contributed by atoms with van der Waals surface area (Å²) in [5.41, 5.74) is 3.22. The van der Waals surface area contributed by atoms with Gasteiger partial charge in [0, 0.05) is 16.9 Å². The molecule has 8 nitrogen and oxygen atoms in total. The van der Waals surface area contributed by atoms with E-state index < -0.39 is 0 Å². The molecule has 1 aromatic heterocycles. The minimum atomic E-state index is -0.249. The molecule has 3 N–H and O–H groups in total. The van der Waals surface area contributed by atoms with Crippen molar-refractivity contribution < 1.29 is 14.3 Å². The Hall–Kier alpha value is -4.59. The van der Waals surface area contributed by atoms with Gasteiger partial charge in [0.2, 0.25) is 5.95 Å². The van der Waals surface area contributed by atoms with Crippen molar-refractivity contribution in [3.8, 4) is 11.5 Å². The van der Waals surface area contributed by atoms with Gasteiger partial charge < -0.3 is 25.4 Å². The molecular weight excluding hydrogens is 430 g/mol. The smallest absolute Gasteiger partial charge is 0.255 e. The first kappa shape index (κ1) is 22.6. The summed E-state index contributed by atoms with van der Waals surface area (Å²) in [5, 5.41) is 9.44. The topological polar surface area (TPSA) is 97.4 Å². The molecule has 0 aliphatic heterocycles. The van der Waals surface area contributed by atoms with Crippen LogP contribution in [0.4, 0.5) is 28.8 Å². The van der Waals surface area contributed by atoms with E-state index in [2.05, 4.69) is 25.9 Å². The molecule has 0 saturated heterocycles. The molecular formula is C26H25N5O3. The molecule has 1 heterocycles. The van der Waals surface area contributed by atoms with E-state index in [4.69, 9.17) is 9.47 Å². The van der Waals surface area contributed by atoms with Gasteiger partial charge in [-0.15, -0.1) is 0 Å². The van der Waals surface area contributed by atoms with Crippen molar-refractivity contribution >= 4 is 34.7 Å². The Morgan fingerprint density at radius 2 is 1.29 bits per heavy atom. The van der Waals surface area contributed by atoms with Crippen LogP contribution in [-0.2, 0) is 0 Å². The number of hydrogen-bond acceptors (Lipinski definition) is 7. The molecule has 0 saturated carbocycles. The molecule has 1 amide bonds. The normalized spacial score (nSPS) is 10.3. The van der Waals surface area contributed by atoms with Crippen molar-refractivity contribution in [1.82, 2.24) is 9.97 Å². The second-order valence-corrected chi connectivity index (χ2v) is 7.38. The molecule has 3 aromatic carbocycles. The van der Waals surface area contributed by atoms with E-state index in [-0.39, 0.29) is 5.91 Å². The van der Waals surface area contributed by atoms with E-state index in [1.54, 1.807) is 26.4 Å². The van der Waals surface area contributed by atoms with Crippen molar-refractivity contribution in [1.29, 1.82) is 0 Å². The number of aromatic nitrogens is 2. The zero-order chi connectivity index (χ0) is 23.9. The number of rotatable bonds is 8. The van der Waals surface area contributed by atoms with E-state index in [0.29, 0.717) is 28.7 Å². The molecule has 0 aliphatic rings. The van der Waals surface area contributed by atoms with Crippen LogP contribution in [0.5, 0.6) is 11.5 Å². The molecule has 0 unspecified atom stereocenters. The molecule has 0 radical (unpaired) electrons. The fourth-order valence-corrected chi connectivity index (χ4v) is 3.26. The van der Waals surface area contributed by atoms with Gasteiger partial charge >= 0.3 is 0 Å². The molecule has 0 bridgehead atoms. The average Bonchev–Trinajstić information content (AvgIpc) is 2.87. The van der Waals surface area contributed by atoms with Crippen LogP contribution in [0.3, 0.4) is 0 Å². The van der Waals surface area contributed by atoms with Gasteiger partial charge in [-0.3, -0.25) is 4.79 Å². The Morgan fingerprint density at radius 3 is 1.85 bits per heavy atom. The van der Waals surface area contributed by atoms with E-state index in [1.807, 2.05) is 73.7 Å². The highest BCUT2D eigenvalue weighted by Gasteiger charge is 2.16. The largest absolute Gasteiger partial charge is 0.497 e. The maximum absolute atomic E-state index is 12.9. The Labute approximate surface area is 198 Å². The summed E-state index contributed by atoms with van der Waals surface area (Å²) in [6.07, 6.45) is 0. The standard InChI is InChI=1S/C26H25N5O3/c1-17-23(30-25(32)18-7-5-4-6-8-18)24(28-19-9-13-21(33-2)14-10-19)31-26(27-17)29-20-11-15-22(34-3)16-12-20/h4-16H,1-3H3,(H,30,32)(H2,27,28,29,31). The third kappa shape index (κ3) is 5.42. The van der Waals surface area contributed by atoms with E-state index in [9.17, 15) is 4.79 Å². The zero-order valence-electron chi connectivity index (χ0n) is 19.1. The first-order chi connectivity index (χ1) is 16.6. The number of amides is 1. The van der Waals surface area contributed by atoms with E-state index in [0.717, 1.165) is 22.9 Å². The third-order valence-corrected chi connectivity index (χ3v) is 5.06. The number of ether oxygens (including phenoxy) is 2. The van der Waals surface area contributed by atoms with Crippen LogP contribution in [0.25, 0.3) is 0 Å². The van der Waals surface area contributed by atoms with Crippen molar-refractivity contribution in [3.63, 3.8) is 0 Å². The van der Waals surface area contributed by atoms with Crippen LogP contribution < -0.4 is 25.4 Å². The van der Waals surface area contributed by atoms with Gasteiger partial charge in [0.05, 0.1) is 19.9 Å². The summed E-state index contributed by atoms with van der Waals surface area (Å²) in [6.45, 7) is 1.82. The highest BCUT2D eigenvalue weighted by atomic mass is 16.5. The Morgan fingerprint density at radius 1 is 0.735 bits per heavy atom. The molecule has 0 fully saturated rings. The fourth-order valence-electron chi connectivity index (χ4n) is 3.26. The number of anilines is 5. The summed E-state index contributed by atoms with van der Waals surface area (Å²) in [4.78, 5) is 22.1. The Balaban J connectivity index is 1.67. The van der Waals surface area contributed by atoms with Crippen LogP contribution in [-0.4, -0.2) is 30.1 Å². The van der Waals surface area contributed by atoms with Gasteiger partial charge in [-0.2, -0.15) is 4.98 Å². The first-order valence-corrected chi connectivity index (χ1v) is 10.6. The number of hydrogen-bond donors (Lipinski definition) is 3. The molecule has 172 valence electrons. The number of methoxy groups -OCH3 is 2. The van der Waals surface area contributed by atoms with Crippen LogP contribution in [0.15, 0.2) is 78.9 Å². The number of benzene rings is 3. The molecule has 0 aliphatic carbocycles. The van der Waals surface area contributed by atoms with Gasteiger partial charge in [-0.1, -0.05) is 18.2 Å². The van der Waals surface area contributed by atoms with Gasteiger partial charge in [-0.25, -0.2) is 4.98 Å². The predicted octanol–water partition coefficient (Wildman–Crippen LogP) is 5.54. The summed E-state index contributed by atoms with van der Waals surface area (Å²) >= 11 is 0. The van der Waals surface area contributed by atoms with Gasteiger partial charge in [0.15, 0.2) is 5.82 Å². The number of carbonyl (C=O) groups is 1. The highest BCUT2D eigenvalue weighted by Crippen LogP contribution is 2.30. The third-order valence-electron chi connectivity index (χ3n) is 5.06. The van der Waals surface area contributed by atoms with Gasteiger partial charge in [0.1, 0.15) is 17.2 Å². The van der Waals surface area contributed by atoms with Gasteiger partial charge in [0.25, 0.3) is 5.91 Å². The summed E-state index contributed by atoms with van der Waals surface area (Å²) in [7, 11) is 3.24. The molecule has 4 rings (SSSR count). The lowest BCUT2D eigenvalue weighted by Gasteiger charge is -2.17. The highest BCUT2D eigenvalue weighted by molar-refractivity contribution is 6.06. The van der Waals surface area contributed by atoms with E-state index >= 15 is 0 Å². The second-order valence-electron chi connectivity index (χ2n) is 7.38. The number of aryl methyl sites for hydroxylation is 1. The molecule has 0 atom stereocenters. The predicted molar refractivity (Wildman–Crippen MR) is 134 cm³/mol. The number of carbonyl (C=O) groups excluding carboxylic acids is 1. The van der Waals surface area contributed by atoms with Crippen LogP contribution >= 0.6 is 0 Å². The van der Waals surface area contributed by atoms with Crippen LogP contribution in [0.2, 0.25) is 0 Å². The summed E-state index contributed by atoms with van der Waals surface area (Å²) < 4.78 is 10.4. The number of nitrogens with one attached hydrogen (secondary N) is 3. The molecule has 4 aromatic rings. The Kier molecular flexibility index (Phi) is 6.88. The minimum absolute atomic E-state index is 0.249. The molecule has 0 spiro atoms. The fraction of sp³-hybridized carbons (Fsp3) is 0.115. The van der Waals surface area contributed by atoms with E-state index in [1.165, 1.54) is 0 Å². The maximum atomic E-state index is 12.9. The van der Waals surface area contributed by atoms with Crippen molar-refractivity contribution in [2.75, 3.05) is 30.2 Å². The molecule has 34 heavy (non-hydrogen) atoms. The summed E-state index contributed by atoms with van der Waals surface area (Å²) in [6, 6.07) is 23.9. The first-order valence-electron chi connectivity index (χ1n) is 10.6. The lowest BCUT2D eigenvalue weighted by Crippen LogP contribution is -2.16. The quantitative estimate of drug-likeness (QED) is 0.321. The van der Waals surface area contributed by atoms with Gasteiger partial charge in [-0.05, 0) is 67.6 Å². The SMILES string of the molecule is COc1ccc(Nc2nc(C)c(NC(=O)c3ccccc3)c(Nc3ccc(OC)cc3)n2)cc1. The average molecular weight is 456 g/mol. The van der Waals surface area contributed by atoms with Crippen molar-refractivity contribution in [2.45, 2.75) is 6.92 Å². The van der Waals surface area contributed by atoms with Crippen LogP contribution in [0, 0.1) is 6.92 Å². The zero-order valence-corrected chi connectivity index (χ0v) is 19.1. The second kappa shape index (κ2) is 10.4. The van der Waals surface area contributed by atoms with Crippen molar-refractivity contribution in [3.05, 3.63) is 90.1 Å². The number of nitrogens with zero attached hydrogens (tertiary/aromatic N) is 2. The van der Waals surface area contributed by atoms with Crippen LogP contribution in [0.1, 0.15) is 16.1 Å². The maximum Gasteiger partial charge on any atom is 0.255 e. The monoisotopic (exact) mass is 455 g/mol. The van der Waals surface area contributed by atoms with Crippen molar-refractivity contribution in [2.24, 2.45) is 0 Å². The summed E-state index contributed by atoms with van der Waals surface area (Å²) in [5.74, 6) is 2.09. The Bertz CT molecular complexity index is 1260. The lowest BCUT2D eigenvalue weighted by molar-refractivity contribution is 0.102. The molecule has 8 heteroatoms.